The Labute approximate surface area is 111 Å². The molecule has 18 heavy (non-hydrogen) atoms. The van der Waals surface area contributed by atoms with Gasteiger partial charge in [0, 0.05) is 38.1 Å². The summed E-state index contributed by atoms with van der Waals surface area (Å²) in [4.78, 5) is 14.2. The fraction of sp³-hybridized carbons (Fsp3) is 0.929. The number of carbonyl (C=O) groups excluding carboxylic acids is 1. The zero-order chi connectivity index (χ0) is 13.5. The van der Waals surface area contributed by atoms with Crippen molar-refractivity contribution >= 4 is 5.91 Å². The van der Waals surface area contributed by atoms with Gasteiger partial charge in [0.2, 0.25) is 5.91 Å². The van der Waals surface area contributed by atoms with Crippen molar-refractivity contribution in [1.82, 2.24) is 10.2 Å². The maximum absolute atomic E-state index is 11.8. The van der Waals surface area contributed by atoms with Crippen LogP contribution < -0.4 is 11.1 Å². The molecule has 1 unspecified atom stereocenters. The van der Waals surface area contributed by atoms with Gasteiger partial charge >= 0.3 is 0 Å². The van der Waals surface area contributed by atoms with Crippen LogP contribution in [0.1, 0.15) is 46.5 Å². The number of carbonyl (C=O) groups is 1. The molecule has 0 radical (unpaired) electrons. The Bertz CT molecular complexity index is 251. The van der Waals surface area contributed by atoms with E-state index >= 15 is 0 Å². The molecule has 1 aliphatic rings. The van der Waals surface area contributed by atoms with Gasteiger partial charge in [0.15, 0.2) is 0 Å². The first kappa shape index (κ1) is 15.4. The molecule has 1 saturated carbocycles. The smallest absolute Gasteiger partial charge is 0.221 e. The maximum atomic E-state index is 11.8. The molecule has 0 aliphatic heterocycles. The highest BCUT2D eigenvalue weighted by atomic mass is 16.1. The van der Waals surface area contributed by atoms with Crippen molar-refractivity contribution in [2.75, 3.05) is 19.6 Å². The Morgan fingerprint density at radius 1 is 1.44 bits per heavy atom. The zero-order valence-corrected chi connectivity index (χ0v) is 12.1. The van der Waals surface area contributed by atoms with E-state index in [0.717, 1.165) is 25.4 Å². The molecule has 0 spiro atoms. The normalized spacial score (nSPS) is 17.2. The Morgan fingerprint density at radius 3 is 2.56 bits per heavy atom. The van der Waals surface area contributed by atoms with Crippen LogP contribution in [0.25, 0.3) is 0 Å². The van der Waals surface area contributed by atoms with Crippen molar-refractivity contribution in [3.63, 3.8) is 0 Å². The van der Waals surface area contributed by atoms with E-state index in [4.69, 9.17) is 5.73 Å². The summed E-state index contributed by atoms with van der Waals surface area (Å²) < 4.78 is 0. The minimum Gasteiger partial charge on any atom is -0.356 e. The summed E-state index contributed by atoms with van der Waals surface area (Å²) in [6.07, 6.45) is 4.18. The summed E-state index contributed by atoms with van der Waals surface area (Å²) in [5.74, 6) is 0.967. The van der Waals surface area contributed by atoms with Gasteiger partial charge in [0.05, 0.1) is 0 Å². The highest BCUT2D eigenvalue weighted by Gasteiger charge is 2.29. The first-order valence-electron chi connectivity index (χ1n) is 7.31. The number of nitrogens with two attached hydrogens (primary N) is 1. The molecule has 1 atom stereocenters. The Kier molecular flexibility index (Phi) is 6.65. The van der Waals surface area contributed by atoms with Gasteiger partial charge in [-0.25, -0.2) is 0 Å². The molecule has 0 aromatic rings. The average Bonchev–Trinajstić information content (AvgIpc) is 3.14. The number of nitrogens with one attached hydrogen (secondary N) is 1. The molecular weight excluding hydrogens is 226 g/mol. The van der Waals surface area contributed by atoms with E-state index in [0.29, 0.717) is 19.0 Å². The molecule has 0 aromatic carbocycles. The van der Waals surface area contributed by atoms with Crippen LogP contribution in [0.5, 0.6) is 0 Å². The molecule has 1 rings (SSSR count). The number of rotatable bonds is 9. The maximum Gasteiger partial charge on any atom is 0.221 e. The quantitative estimate of drug-likeness (QED) is 0.654. The molecule has 3 N–H and O–H groups in total. The summed E-state index contributed by atoms with van der Waals surface area (Å²) in [6, 6.07) is 0.639. The predicted molar refractivity (Wildman–Crippen MR) is 75.3 cm³/mol. The highest BCUT2D eigenvalue weighted by molar-refractivity contribution is 5.76. The van der Waals surface area contributed by atoms with Gasteiger partial charge in [-0.3, -0.25) is 9.69 Å². The summed E-state index contributed by atoms with van der Waals surface area (Å²) in [5.41, 5.74) is 5.86. The van der Waals surface area contributed by atoms with Crippen molar-refractivity contribution in [2.45, 2.75) is 58.5 Å². The minimum atomic E-state index is 0.133. The first-order chi connectivity index (χ1) is 8.58. The SMILES string of the molecule is CCCNC(=O)CC(CN)N(CC1CC1)C(C)C. The van der Waals surface area contributed by atoms with Gasteiger partial charge in [0.25, 0.3) is 0 Å². The summed E-state index contributed by atoms with van der Waals surface area (Å²) >= 11 is 0. The molecule has 1 aliphatic carbocycles. The second-order valence-corrected chi connectivity index (χ2v) is 5.68. The fourth-order valence-electron chi connectivity index (χ4n) is 2.27. The molecule has 0 saturated heterocycles. The fourth-order valence-corrected chi connectivity index (χ4v) is 2.27. The summed E-state index contributed by atoms with van der Waals surface area (Å²) in [6.45, 7) is 8.86. The number of hydrogen-bond donors (Lipinski definition) is 2. The van der Waals surface area contributed by atoms with Gasteiger partial charge in [-0.15, -0.1) is 0 Å². The molecule has 4 nitrogen and oxygen atoms in total. The number of hydrogen-bond acceptors (Lipinski definition) is 3. The van der Waals surface area contributed by atoms with Crippen LogP contribution in [0.4, 0.5) is 0 Å². The van der Waals surface area contributed by atoms with E-state index in [2.05, 4.69) is 31.0 Å². The van der Waals surface area contributed by atoms with Crippen LogP contribution in [0.2, 0.25) is 0 Å². The molecule has 0 heterocycles. The first-order valence-corrected chi connectivity index (χ1v) is 7.31. The third-order valence-corrected chi connectivity index (χ3v) is 3.56. The minimum absolute atomic E-state index is 0.133. The van der Waals surface area contributed by atoms with Crippen LogP contribution >= 0.6 is 0 Å². The van der Waals surface area contributed by atoms with Crippen LogP contribution in [-0.4, -0.2) is 42.5 Å². The number of nitrogens with zero attached hydrogens (tertiary/aromatic N) is 1. The van der Waals surface area contributed by atoms with Crippen molar-refractivity contribution in [3.05, 3.63) is 0 Å². The highest BCUT2D eigenvalue weighted by Crippen LogP contribution is 2.31. The third kappa shape index (κ3) is 5.36. The van der Waals surface area contributed by atoms with E-state index in [1.165, 1.54) is 12.8 Å². The van der Waals surface area contributed by atoms with Gasteiger partial charge in [-0.1, -0.05) is 6.92 Å². The third-order valence-electron chi connectivity index (χ3n) is 3.56. The molecule has 0 bridgehead atoms. The van der Waals surface area contributed by atoms with Crippen LogP contribution in [0.15, 0.2) is 0 Å². The van der Waals surface area contributed by atoms with Gasteiger partial charge in [-0.2, -0.15) is 0 Å². The summed E-state index contributed by atoms with van der Waals surface area (Å²) in [7, 11) is 0. The second-order valence-electron chi connectivity index (χ2n) is 5.68. The van der Waals surface area contributed by atoms with Crippen molar-refractivity contribution < 1.29 is 4.79 Å². The molecule has 4 heteroatoms. The lowest BCUT2D eigenvalue weighted by Crippen LogP contribution is -2.48. The van der Waals surface area contributed by atoms with Gasteiger partial charge in [0.1, 0.15) is 0 Å². The van der Waals surface area contributed by atoms with Crippen LogP contribution in [0, 0.1) is 5.92 Å². The lowest BCUT2D eigenvalue weighted by Gasteiger charge is -2.34. The largest absolute Gasteiger partial charge is 0.356 e. The van der Waals surface area contributed by atoms with Crippen molar-refractivity contribution in [3.8, 4) is 0 Å². The summed E-state index contributed by atoms with van der Waals surface area (Å²) in [5, 5.41) is 2.94. The number of amides is 1. The van der Waals surface area contributed by atoms with Gasteiger partial charge in [-0.05, 0) is 39.0 Å². The standard InChI is InChI=1S/C14H29N3O/c1-4-7-16-14(18)8-13(9-15)17(11(2)3)10-12-5-6-12/h11-13H,4-10,15H2,1-3H3,(H,16,18). The van der Waals surface area contributed by atoms with Crippen molar-refractivity contribution in [2.24, 2.45) is 11.7 Å². The average molecular weight is 255 g/mol. The van der Waals surface area contributed by atoms with Crippen molar-refractivity contribution in [1.29, 1.82) is 0 Å². The van der Waals surface area contributed by atoms with E-state index in [-0.39, 0.29) is 11.9 Å². The van der Waals surface area contributed by atoms with Crippen LogP contribution in [-0.2, 0) is 4.79 Å². The monoisotopic (exact) mass is 255 g/mol. The van der Waals surface area contributed by atoms with E-state index in [1.54, 1.807) is 0 Å². The predicted octanol–water partition coefficient (Wildman–Crippen LogP) is 1.35. The van der Waals surface area contributed by atoms with E-state index in [9.17, 15) is 4.79 Å². The Balaban J connectivity index is 2.46. The molecule has 106 valence electrons. The van der Waals surface area contributed by atoms with Gasteiger partial charge < -0.3 is 11.1 Å². The molecule has 1 amide bonds. The lowest BCUT2D eigenvalue weighted by atomic mass is 10.1. The molecular formula is C14H29N3O. The molecule has 1 fully saturated rings. The second kappa shape index (κ2) is 7.74. The van der Waals surface area contributed by atoms with Crippen LogP contribution in [0.3, 0.4) is 0 Å². The van der Waals surface area contributed by atoms with E-state index in [1.807, 2.05) is 0 Å². The van der Waals surface area contributed by atoms with E-state index < -0.39 is 0 Å². The molecule has 0 aromatic heterocycles. The lowest BCUT2D eigenvalue weighted by molar-refractivity contribution is -0.122. The zero-order valence-electron chi connectivity index (χ0n) is 12.1. The topological polar surface area (TPSA) is 58.4 Å². The Hall–Kier alpha value is -0.610. The Morgan fingerprint density at radius 2 is 2.11 bits per heavy atom.